The Bertz CT molecular complexity index is 818. The lowest BCUT2D eigenvalue weighted by Crippen LogP contribution is -2.57. The SMILES string of the molecule is C=COC(=O)OCCCC[Si](C)(C)O[Si](C)(C)O[Si](C)(CCCOCC(F)F)O[Si](C)(C)CCCCOC(=O)OC=C. The highest BCUT2D eigenvalue weighted by molar-refractivity contribution is 6.89. The van der Waals surface area contributed by atoms with Crippen molar-refractivity contribution in [1.29, 1.82) is 0 Å². The van der Waals surface area contributed by atoms with Gasteiger partial charge in [-0.2, -0.15) is 0 Å². The summed E-state index contributed by atoms with van der Waals surface area (Å²) in [7, 11) is -9.80. The molecule has 42 heavy (non-hydrogen) atoms. The van der Waals surface area contributed by atoms with Gasteiger partial charge in [0.1, 0.15) is 6.61 Å². The van der Waals surface area contributed by atoms with Crippen molar-refractivity contribution in [3.63, 3.8) is 0 Å². The first-order valence-electron chi connectivity index (χ1n) is 14.3. The molecule has 0 N–H and O–H groups in total. The maximum Gasteiger partial charge on any atom is 0.513 e. The topological polar surface area (TPSA) is 108 Å². The molecule has 10 nitrogen and oxygen atoms in total. The van der Waals surface area contributed by atoms with Crippen molar-refractivity contribution < 1.29 is 54.4 Å². The Morgan fingerprint density at radius 2 is 1.14 bits per heavy atom. The summed E-state index contributed by atoms with van der Waals surface area (Å²) < 4.78 is 69.5. The molecule has 1 unspecified atom stereocenters. The first-order chi connectivity index (χ1) is 19.4. The van der Waals surface area contributed by atoms with Crippen LogP contribution in [0.2, 0.25) is 64.0 Å². The third-order valence-corrected chi connectivity index (χ3v) is 22.0. The molecule has 0 rings (SSSR count). The number of unbranched alkanes of at least 4 members (excludes halogenated alkanes) is 2. The summed E-state index contributed by atoms with van der Waals surface area (Å²) in [6, 6.07) is 2.27. The second-order valence-electron chi connectivity index (χ2n) is 11.6. The molecule has 0 spiro atoms. The van der Waals surface area contributed by atoms with Crippen molar-refractivity contribution in [3.05, 3.63) is 25.7 Å². The summed E-state index contributed by atoms with van der Waals surface area (Å²) >= 11 is 0. The van der Waals surface area contributed by atoms with Gasteiger partial charge in [-0.3, -0.25) is 0 Å². The maximum atomic E-state index is 12.5. The molecule has 0 aliphatic rings. The summed E-state index contributed by atoms with van der Waals surface area (Å²) in [5.41, 5.74) is 0. The third-order valence-electron chi connectivity index (χ3n) is 5.78. The molecule has 0 aliphatic carbocycles. The van der Waals surface area contributed by atoms with Gasteiger partial charge in [-0.1, -0.05) is 26.0 Å². The van der Waals surface area contributed by atoms with Crippen molar-refractivity contribution >= 4 is 46.1 Å². The van der Waals surface area contributed by atoms with Crippen LogP contribution in [0.25, 0.3) is 0 Å². The van der Waals surface area contributed by atoms with Gasteiger partial charge < -0.3 is 36.0 Å². The Labute approximate surface area is 254 Å². The average Bonchev–Trinajstić information content (AvgIpc) is 2.81. The van der Waals surface area contributed by atoms with Gasteiger partial charge in [0.2, 0.25) is 0 Å². The molecule has 0 heterocycles. The summed E-state index contributed by atoms with van der Waals surface area (Å²) in [4.78, 5) is 22.6. The molecule has 0 fully saturated rings. The second-order valence-corrected chi connectivity index (χ2v) is 27.7. The lowest BCUT2D eigenvalue weighted by molar-refractivity contribution is 0.0174. The summed E-state index contributed by atoms with van der Waals surface area (Å²) in [5, 5.41) is 0. The summed E-state index contributed by atoms with van der Waals surface area (Å²) in [6.07, 6.45) is 1.52. The molecule has 0 aliphatic heterocycles. The van der Waals surface area contributed by atoms with E-state index in [0.717, 1.165) is 37.5 Å². The van der Waals surface area contributed by atoms with Crippen LogP contribution in [0.3, 0.4) is 0 Å². The number of alkyl halides is 2. The lowest BCUT2D eigenvalue weighted by atomic mass is 10.4. The molecule has 0 radical (unpaired) electrons. The Balaban J connectivity index is 5.15. The van der Waals surface area contributed by atoms with Crippen LogP contribution in [0.4, 0.5) is 18.4 Å². The van der Waals surface area contributed by atoms with Crippen molar-refractivity contribution in [2.24, 2.45) is 0 Å². The van der Waals surface area contributed by atoms with E-state index in [-0.39, 0.29) is 19.8 Å². The number of carbonyl (C=O) groups is 2. The Morgan fingerprint density at radius 1 is 0.667 bits per heavy atom. The van der Waals surface area contributed by atoms with E-state index < -0.39 is 59.1 Å². The smallest absolute Gasteiger partial charge is 0.436 e. The minimum atomic E-state index is -2.80. The summed E-state index contributed by atoms with van der Waals surface area (Å²) in [6.45, 7) is 21.3. The molecule has 0 amide bonds. The van der Waals surface area contributed by atoms with Crippen molar-refractivity contribution in [2.45, 2.75) is 102 Å². The van der Waals surface area contributed by atoms with Crippen molar-refractivity contribution in [2.75, 3.05) is 26.4 Å². The zero-order chi connectivity index (χ0) is 32.3. The minimum absolute atomic E-state index is 0.200. The van der Waals surface area contributed by atoms with E-state index >= 15 is 0 Å². The van der Waals surface area contributed by atoms with Crippen LogP contribution in [0.5, 0.6) is 0 Å². The van der Waals surface area contributed by atoms with E-state index in [1.54, 1.807) is 0 Å². The first-order valence-corrected chi connectivity index (χ1v) is 25.9. The van der Waals surface area contributed by atoms with Crippen LogP contribution in [0, 0.1) is 0 Å². The van der Waals surface area contributed by atoms with Crippen LogP contribution in [0.15, 0.2) is 25.7 Å². The Hall–Kier alpha value is -1.41. The van der Waals surface area contributed by atoms with Gasteiger partial charge in [0, 0.05) is 6.61 Å². The Morgan fingerprint density at radius 3 is 1.60 bits per heavy atom. The third kappa shape index (κ3) is 22.2. The van der Waals surface area contributed by atoms with Crippen molar-refractivity contribution in [3.8, 4) is 0 Å². The number of halogens is 2. The normalized spacial score (nSPS) is 13.8. The van der Waals surface area contributed by atoms with Crippen molar-refractivity contribution in [1.82, 2.24) is 0 Å². The fraction of sp³-hybridized carbons (Fsp3) is 0.769. The van der Waals surface area contributed by atoms with Gasteiger partial charge in [0.05, 0.1) is 25.7 Å². The molecular formula is C26H52F2O10Si4. The number of ether oxygens (including phenoxy) is 5. The van der Waals surface area contributed by atoms with Crippen LogP contribution in [-0.2, 0) is 36.0 Å². The molecule has 1 atom stereocenters. The fourth-order valence-corrected chi connectivity index (χ4v) is 24.4. The highest BCUT2D eigenvalue weighted by atomic mass is 28.5. The van der Waals surface area contributed by atoms with Gasteiger partial charge in [0.15, 0.2) is 16.6 Å². The van der Waals surface area contributed by atoms with E-state index in [2.05, 4.69) is 48.8 Å². The standard InChI is InChI=1S/C26H52F2O10Si4/c1-10-32-25(29)34-18-12-14-20-39(3,4)36-41(7,8)38-42(9,22-16-17-31-23-24(27)28)37-40(5,6)21-15-13-19-35-26(30)33-11-2/h10-11,24H,1-2,12-23H2,3-9H3. The van der Waals surface area contributed by atoms with Crippen LogP contribution >= 0.6 is 0 Å². The molecule has 0 bridgehead atoms. The number of hydrogen-bond donors (Lipinski definition) is 0. The zero-order valence-corrected chi connectivity index (χ0v) is 30.5. The van der Waals surface area contributed by atoms with Gasteiger partial charge in [-0.25, -0.2) is 18.4 Å². The molecule has 0 aromatic rings. The molecule has 0 saturated carbocycles. The fourth-order valence-electron chi connectivity index (χ4n) is 4.50. The van der Waals surface area contributed by atoms with Gasteiger partial charge in [-0.15, -0.1) is 0 Å². The van der Waals surface area contributed by atoms with E-state index in [0.29, 0.717) is 25.3 Å². The minimum Gasteiger partial charge on any atom is -0.436 e. The molecule has 0 aromatic heterocycles. The largest absolute Gasteiger partial charge is 0.513 e. The van der Waals surface area contributed by atoms with Crippen LogP contribution in [-0.4, -0.2) is 78.9 Å². The number of carbonyl (C=O) groups excluding carboxylic acids is 2. The molecule has 246 valence electrons. The predicted octanol–water partition coefficient (Wildman–Crippen LogP) is 8.05. The monoisotopic (exact) mass is 674 g/mol. The Kier molecular flexibility index (Phi) is 19.8. The molecular weight excluding hydrogens is 623 g/mol. The molecule has 0 saturated heterocycles. The predicted molar refractivity (Wildman–Crippen MR) is 167 cm³/mol. The average molecular weight is 675 g/mol. The second kappa shape index (κ2) is 20.5. The van der Waals surface area contributed by atoms with Gasteiger partial charge in [-0.05, 0) is 83.2 Å². The highest BCUT2D eigenvalue weighted by Gasteiger charge is 2.45. The molecule has 16 heteroatoms. The van der Waals surface area contributed by atoms with Gasteiger partial charge in [0.25, 0.3) is 6.43 Å². The van der Waals surface area contributed by atoms with Gasteiger partial charge >= 0.3 is 29.4 Å². The van der Waals surface area contributed by atoms with E-state index in [4.69, 9.17) is 26.6 Å². The maximum absolute atomic E-state index is 12.5. The lowest BCUT2D eigenvalue weighted by Gasteiger charge is -2.42. The van der Waals surface area contributed by atoms with Crippen LogP contribution < -0.4 is 0 Å². The van der Waals surface area contributed by atoms with E-state index in [1.807, 2.05) is 19.6 Å². The highest BCUT2D eigenvalue weighted by Crippen LogP contribution is 2.31. The number of rotatable bonds is 24. The quantitative estimate of drug-likeness (QED) is 0.0432. The van der Waals surface area contributed by atoms with E-state index in [9.17, 15) is 18.4 Å². The van der Waals surface area contributed by atoms with E-state index in [1.165, 1.54) is 0 Å². The summed E-state index contributed by atoms with van der Waals surface area (Å²) in [5.74, 6) is 0. The van der Waals surface area contributed by atoms with Crippen LogP contribution in [0.1, 0.15) is 32.1 Å². The number of hydrogen-bond acceptors (Lipinski definition) is 10. The molecule has 0 aromatic carbocycles. The first kappa shape index (κ1) is 40.6. The zero-order valence-electron chi connectivity index (χ0n) is 26.5.